The molecular weight excluding hydrogens is 422 g/mol. The van der Waals surface area contributed by atoms with Crippen molar-refractivity contribution in [2.75, 3.05) is 26.9 Å². The number of carbonyl (C=O) groups is 2. The number of Topliss-reactive ketones (excluding diaryl/α,β-unsaturated/α-hetero) is 1. The van der Waals surface area contributed by atoms with Crippen molar-refractivity contribution in [2.24, 2.45) is 0 Å². The number of carbonyl (C=O) groups excluding carboxylic acids is 2. The van der Waals surface area contributed by atoms with Crippen molar-refractivity contribution < 1.29 is 28.9 Å². The van der Waals surface area contributed by atoms with E-state index in [0.717, 1.165) is 6.42 Å². The molecule has 2 aromatic rings. The summed E-state index contributed by atoms with van der Waals surface area (Å²) in [5, 5.41) is 11.1. The van der Waals surface area contributed by atoms with Crippen molar-refractivity contribution >= 4 is 17.4 Å². The number of aliphatic hydroxyl groups is 1. The van der Waals surface area contributed by atoms with Crippen LogP contribution in [0.5, 0.6) is 17.2 Å². The first-order chi connectivity index (χ1) is 16.0. The van der Waals surface area contributed by atoms with Gasteiger partial charge in [-0.1, -0.05) is 19.9 Å². The quantitative estimate of drug-likeness (QED) is 0.318. The number of nitrogens with zero attached hydrogens (tertiary/aromatic N) is 1. The maximum absolute atomic E-state index is 13.0. The molecule has 1 aliphatic heterocycles. The van der Waals surface area contributed by atoms with E-state index in [0.29, 0.717) is 54.6 Å². The third-order valence-electron chi connectivity index (χ3n) is 5.41. The minimum atomic E-state index is -0.731. The Hall–Kier alpha value is -3.48. The van der Waals surface area contributed by atoms with Crippen LogP contribution in [0, 0.1) is 0 Å². The van der Waals surface area contributed by atoms with Gasteiger partial charge in [0.15, 0.2) is 11.5 Å². The minimum Gasteiger partial charge on any atom is -0.507 e. The normalized spacial score (nSPS) is 17.3. The zero-order valence-electron chi connectivity index (χ0n) is 19.6. The van der Waals surface area contributed by atoms with E-state index in [2.05, 4.69) is 0 Å². The number of amides is 1. The van der Waals surface area contributed by atoms with Gasteiger partial charge in [-0.15, -0.1) is 0 Å². The highest BCUT2D eigenvalue weighted by Gasteiger charge is 2.45. The van der Waals surface area contributed by atoms with Crippen molar-refractivity contribution in [3.8, 4) is 17.2 Å². The Morgan fingerprint density at radius 3 is 2.30 bits per heavy atom. The van der Waals surface area contributed by atoms with Crippen LogP contribution in [0.25, 0.3) is 5.76 Å². The summed E-state index contributed by atoms with van der Waals surface area (Å²) in [7, 11) is 1.53. The van der Waals surface area contributed by atoms with Gasteiger partial charge in [0, 0.05) is 12.1 Å². The lowest BCUT2D eigenvalue weighted by Gasteiger charge is -2.25. The van der Waals surface area contributed by atoms with Crippen LogP contribution in [-0.4, -0.2) is 48.6 Å². The minimum absolute atomic E-state index is 0.0573. The average molecular weight is 454 g/mol. The highest BCUT2D eigenvalue weighted by molar-refractivity contribution is 6.46. The Bertz CT molecular complexity index is 1030. The fourth-order valence-electron chi connectivity index (χ4n) is 3.91. The molecule has 7 heteroatoms. The molecule has 33 heavy (non-hydrogen) atoms. The number of likely N-dealkylation sites (tertiary alicyclic amines) is 1. The average Bonchev–Trinajstić information content (AvgIpc) is 3.08. The van der Waals surface area contributed by atoms with E-state index < -0.39 is 17.7 Å². The molecule has 1 amide bonds. The molecule has 0 aliphatic carbocycles. The van der Waals surface area contributed by atoms with Crippen LogP contribution in [0.15, 0.2) is 48.0 Å². The second-order valence-corrected chi connectivity index (χ2v) is 7.71. The number of methoxy groups -OCH3 is 1. The highest BCUT2D eigenvalue weighted by atomic mass is 16.5. The van der Waals surface area contributed by atoms with Crippen LogP contribution < -0.4 is 14.2 Å². The number of benzene rings is 2. The summed E-state index contributed by atoms with van der Waals surface area (Å²) in [5.74, 6) is 0.191. The summed E-state index contributed by atoms with van der Waals surface area (Å²) in [6.45, 7) is 7.28. The molecule has 1 aliphatic rings. The molecule has 1 unspecified atom stereocenters. The molecule has 0 aromatic heterocycles. The number of rotatable bonds is 10. The van der Waals surface area contributed by atoms with Gasteiger partial charge >= 0.3 is 0 Å². The molecule has 0 saturated carbocycles. The fourth-order valence-corrected chi connectivity index (χ4v) is 3.91. The largest absolute Gasteiger partial charge is 0.507 e. The van der Waals surface area contributed by atoms with Crippen molar-refractivity contribution in [2.45, 2.75) is 39.7 Å². The van der Waals surface area contributed by atoms with Gasteiger partial charge in [-0.3, -0.25) is 9.59 Å². The Labute approximate surface area is 194 Å². The topological polar surface area (TPSA) is 85.3 Å². The first-order valence-electron chi connectivity index (χ1n) is 11.3. The standard InChI is InChI=1S/C26H31NO6/c1-5-14-27-23(18-10-13-20(32-7-3)21(16-18)31-4)22(25(29)26(27)30)24(28)17-8-11-19(12-9-17)33-15-6-2/h8-13,16,23,28H,5-7,14-15H2,1-4H3/b24-22-. The number of aliphatic hydroxyl groups excluding tert-OH is 1. The SMILES string of the molecule is CCCOc1ccc(/C(O)=C2/C(=O)C(=O)N(CCC)C2c2ccc(OCC)c(OC)c2)cc1. The highest BCUT2D eigenvalue weighted by Crippen LogP contribution is 2.42. The Balaban J connectivity index is 2.09. The van der Waals surface area contributed by atoms with Gasteiger partial charge < -0.3 is 24.2 Å². The van der Waals surface area contributed by atoms with Crippen molar-refractivity contribution in [1.29, 1.82) is 0 Å². The summed E-state index contributed by atoms with van der Waals surface area (Å²) in [4.78, 5) is 27.4. The fraction of sp³-hybridized carbons (Fsp3) is 0.385. The second kappa shape index (κ2) is 10.9. The lowest BCUT2D eigenvalue weighted by molar-refractivity contribution is -0.139. The van der Waals surface area contributed by atoms with E-state index in [1.165, 1.54) is 12.0 Å². The molecule has 1 N–H and O–H groups in total. The molecule has 3 rings (SSSR count). The predicted molar refractivity (Wildman–Crippen MR) is 126 cm³/mol. The van der Waals surface area contributed by atoms with Crippen LogP contribution in [-0.2, 0) is 9.59 Å². The number of hydrogen-bond acceptors (Lipinski definition) is 6. The van der Waals surface area contributed by atoms with Gasteiger partial charge in [0.05, 0.1) is 31.9 Å². The van der Waals surface area contributed by atoms with E-state index in [4.69, 9.17) is 14.2 Å². The molecule has 2 aromatic carbocycles. The first kappa shape index (κ1) is 24.2. The summed E-state index contributed by atoms with van der Waals surface area (Å²) in [6.07, 6.45) is 1.55. The summed E-state index contributed by atoms with van der Waals surface area (Å²) >= 11 is 0. The maximum Gasteiger partial charge on any atom is 0.295 e. The monoisotopic (exact) mass is 453 g/mol. The first-order valence-corrected chi connectivity index (χ1v) is 11.3. The van der Waals surface area contributed by atoms with Crippen LogP contribution in [0.1, 0.15) is 50.8 Å². The molecular formula is C26H31NO6. The molecule has 1 saturated heterocycles. The van der Waals surface area contributed by atoms with Gasteiger partial charge in [0.2, 0.25) is 0 Å². The van der Waals surface area contributed by atoms with E-state index in [1.807, 2.05) is 20.8 Å². The molecule has 0 bridgehead atoms. The number of ether oxygens (including phenoxy) is 3. The Kier molecular flexibility index (Phi) is 7.98. The zero-order valence-corrected chi connectivity index (χ0v) is 19.6. The van der Waals surface area contributed by atoms with E-state index >= 15 is 0 Å². The van der Waals surface area contributed by atoms with Crippen LogP contribution in [0.4, 0.5) is 0 Å². The molecule has 1 atom stereocenters. The van der Waals surface area contributed by atoms with Crippen LogP contribution >= 0.6 is 0 Å². The third-order valence-corrected chi connectivity index (χ3v) is 5.41. The summed E-state index contributed by atoms with van der Waals surface area (Å²) in [6, 6.07) is 11.4. The van der Waals surface area contributed by atoms with Gasteiger partial charge in [-0.25, -0.2) is 0 Å². The van der Waals surface area contributed by atoms with Crippen LogP contribution in [0.3, 0.4) is 0 Å². The Morgan fingerprint density at radius 2 is 1.70 bits per heavy atom. The molecule has 1 fully saturated rings. The van der Waals surface area contributed by atoms with E-state index in [1.54, 1.807) is 42.5 Å². The smallest absolute Gasteiger partial charge is 0.295 e. The van der Waals surface area contributed by atoms with Crippen molar-refractivity contribution in [3.63, 3.8) is 0 Å². The van der Waals surface area contributed by atoms with Gasteiger partial charge in [0.1, 0.15) is 11.5 Å². The summed E-state index contributed by atoms with van der Waals surface area (Å²) in [5.41, 5.74) is 1.16. The zero-order chi connectivity index (χ0) is 24.0. The second-order valence-electron chi connectivity index (χ2n) is 7.71. The molecule has 0 spiro atoms. The molecule has 0 radical (unpaired) electrons. The molecule has 1 heterocycles. The maximum atomic E-state index is 13.0. The van der Waals surface area contributed by atoms with Crippen molar-refractivity contribution in [1.82, 2.24) is 4.90 Å². The van der Waals surface area contributed by atoms with Gasteiger partial charge in [-0.05, 0) is 61.7 Å². The Morgan fingerprint density at radius 1 is 0.970 bits per heavy atom. The number of ketones is 1. The van der Waals surface area contributed by atoms with E-state index in [9.17, 15) is 14.7 Å². The van der Waals surface area contributed by atoms with Gasteiger partial charge in [0.25, 0.3) is 11.7 Å². The summed E-state index contributed by atoms with van der Waals surface area (Å²) < 4.78 is 16.7. The van der Waals surface area contributed by atoms with Crippen molar-refractivity contribution in [3.05, 3.63) is 59.2 Å². The van der Waals surface area contributed by atoms with Gasteiger partial charge in [-0.2, -0.15) is 0 Å². The third kappa shape index (κ3) is 4.97. The predicted octanol–water partition coefficient (Wildman–Crippen LogP) is 4.71. The number of hydrogen-bond donors (Lipinski definition) is 1. The lowest BCUT2D eigenvalue weighted by atomic mass is 9.95. The van der Waals surface area contributed by atoms with E-state index in [-0.39, 0.29) is 11.3 Å². The van der Waals surface area contributed by atoms with Crippen LogP contribution in [0.2, 0.25) is 0 Å². The lowest BCUT2D eigenvalue weighted by Crippen LogP contribution is -2.30. The molecule has 176 valence electrons. The molecule has 7 nitrogen and oxygen atoms in total.